The van der Waals surface area contributed by atoms with Crippen molar-refractivity contribution in [3.63, 3.8) is 0 Å². The van der Waals surface area contributed by atoms with Gasteiger partial charge in [-0.3, -0.25) is 18.4 Å². The van der Waals surface area contributed by atoms with Crippen LogP contribution in [0.2, 0.25) is 0 Å². The van der Waals surface area contributed by atoms with Crippen molar-refractivity contribution in [3.05, 3.63) is 0 Å². The first-order chi connectivity index (χ1) is 8.81. The maximum Gasteiger partial charge on any atom is 0.474 e. The normalized spacial score (nSPS) is 12.7. The highest BCUT2D eigenvalue weighted by Gasteiger charge is 2.31. The van der Waals surface area contributed by atoms with E-state index in [0.29, 0.717) is 0 Å². The van der Waals surface area contributed by atoms with Gasteiger partial charge in [-0.25, -0.2) is 4.57 Å². The van der Waals surface area contributed by atoms with Gasteiger partial charge in [-0.15, -0.1) is 0 Å². The highest BCUT2D eigenvalue weighted by molar-refractivity contribution is 7.48. The van der Waals surface area contributed by atoms with Gasteiger partial charge in [0.1, 0.15) is 6.61 Å². The molecule has 6 heteroatoms. The number of phosphoric acid groups is 1. The lowest BCUT2D eigenvalue weighted by Gasteiger charge is -2.23. The maximum atomic E-state index is 12.0. The number of carbonyl (C=O) groups is 1. The zero-order chi connectivity index (χ0) is 14.9. The first-order valence-corrected chi connectivity index (χ1v) is 8.16. The molecule has 0 amide bonds. The summed E-state index contributed by atoms with van der Waals surface area (Å²) < 4.78 is 25.9. The molecule has 0 aromatic rings. The van der Waals surface area contributed by atoms with Crippen LogP contribution in [-0.4, -0.2) is 26.6 Å². The smallest absolute Gasteiger partial charge is 0.296 e. The predicted octanol–water partition coefficient (Wildman–Crippen LogP) is 3.97. The quantitative estimate of drug-likeness (QED) is 0.426. The van der Waals surface area contributed by atoms with Crippen molar-refractivity contribution in [2.75, 3.05) is 20.8 Å². The molecule has 0 rings (SSSR count). The Labute approximate surface area is 116 Å². The van der Waals surface area contributed by atoms with Gasteiger partial charge >= 0.3 is 7.82 Å². The van der Waals surface area contributed by atoms with Gasteiger partial charge in [0.05, 0.1) is 0 Å². The lowest BCUT2D eigenvalue weighted by atomic mass is 9.83. The Morgan fingerprint density at radius 3 is 2.16 bits per heavy atom. The van der Waals surface area contributed by atoms with E-state index in [1.807, 2.05) is 13.8 Å². The van der Waals surface area contributed by atoms with Crippen molar-refractivity contribution in [2.45, 2.75) is 52.9 Å². The molecule has 114 valence electrons. The van der Waals surface area contributed by atoms with E-state index in [2.05, 4.69) is 16.0 Å². The van der Waals surface area contributed by atoms with Crippen LogP contribution in [0.5, 0.6) is 0 Å². The van der Waals surface area contributed by atoms with Crippen LogP contribution in [0, 0.1) is 5.41 Å². The molecule has 0 saturated carbocycles. The van der Waals surface area contributed by atoms with E-state index >= 15 is 0 Å². The predicted molar refractivity (Wildman–Crippen MR) is 75.1 cm³/mol. The summed E-state index contributed by atoms with van der Waals surface area (Å²) in [7, 11) is -1.11. The first-order valence-electron chi connectivity index (χ1n) is 6.70. The van der Waals surface area contributed by atoms with Crippen LogP contribution >= 0.6 is 7.82 Å². The van der Waals surface area contributed by atoms with Gasteiger partial charge in [0.15, 0.2) is 5.78 Å². The molecule has 0 atom stereocenters. The highest BCUT2D eigenvalue weighted by Crippen LogP contribution is 2.47. The number of hydrogen-bond donors (Lipinski definition) is 0. The number of unbranched alkanes of at least 4 members (excludes halogenated alkanes) is 3. The summed E-state index contributed by atoms with van der Waals surface area (Å²) in [6.07, 6.45) is 5.30. The number of carbonyl (C=O) groups excluding carboxylic acids is 1. The summed E-state index contributed by atoms with van der Waals surface area (Å²) in [6, 6.07) is 0. The molecular weight excluding hydrogens is 267 g/mol. The first kappa shape index (κ1) is 18.8. The summed E-state index contributed by atoms with van der Waals surface area (Å²) in [5, 5.41) is 0. The minimum atomic E-state index is -3.56. The molecule has 0 spiro atoms. The van der Waals surface area contributed by atoms with Crippen molar-refractivity contribution >= 4 is 13.6 Å². The van der Waals surface area contributed by atoms with Gasteiger partial charge in [-0.2, -0.15) is 0 Å². The molecule has 0 aliphatic carbocycles. The monoisotopic (exact) mass is 294 g/mol. The van der Waals surface area contributed by atoms with E-state index in [-0.39, 0.29) is 12.4 Å². The van der Waals surface area contributed by atoms with Gasteiger partial charge in [-0.05, 0) is 6.42 Å². The fourth-order valence-corrected chi connectivity index (χ4v) is 2.28. The van der Waals surface area contributed by atoms with Crippen LogP contribution in [0.3, 0.4) is 0 Å². The third-order valence-corrected chi connectivity index (χ3v) is 4.55. The van der Waals surface area contributed by atoms with Crippen molar-refractivity contribution in [1.82, 2.24) is 0 Å². The summed E-state index contributed by atoms with van der Waals surface area (Å²) in [5.74, 6) is -0.0849. The molecule has 0 aromatic carbocycles. The summed E-state index contributed by atoms with van der Waals surface area (Å²) >= 11 is 0. The SMILES string of the molecule is CCCCCCC(C)(C)C(=O)COP(=O)(OC)OC. The second kappa shape index (κ2) is 8.85. The average molecular weight is 294 g/mol. The second-order valence-corrected chi connectivity index (χ2v) is 7.09. The molecule has 0 aromatic heterocycles. The van der Waals surface area contributed by atoms with Crippen LogP contribution in [0.4, 0.5) is 0 Å². The Bertz CT molecular complexity index is 306. The van der Waals surface area contributed by atoms with E-state index in [1.165, 1.54) is 27.1 Å². The number of ketones is 1. The Morgan fingerprint density at radius 2 is 1.68 bits per heavy atom. The molecule has 0 saturated heterocycles. The van der Waals surface area contributed by atoms with E-state index in [0.717, 1.165) is 19.3 Å². The van der Waals surface area contributed by atoms with E-state index in [1.54, 1.807) is 0 Å². The summed E-state index contributed by atoms with van der Waals surface area (Å²) in [4.78, 5) is 12.0. The molecule has 0 fully saturated rings. The van der Waals surface area contributed by atoms with Crippen LogP contribution in [-0.2, 0) is 22.9 Å². The molecule has 0 unspecified atom stereocenters. The topological polar surface area (TPSA) is 61.8 Å². The number of rotatable bonds is 11. The van der Waals surface area contributed by atoms with Crippen LogP contribution in [0.25, 0.3) is 0 Å². The highest BCUT2D eigenvalue weighted by atomic mass is 31.2. The Balaban J connectivity index is 4.20. The second-order valence-electron chi connectivity index (χ2n) is 5.20. The molecular formula is C13H27O5P. The average Bonchev–Trinajstić information content (AvgIpc) is 2.40. The Hall–Kier alpha value is -0.220. The molecule has 19 heavy (non-hydrogen) atoms. The van der Waals surface area contributed by atoms with Gasteiger partial charge in [0.2, 0.25) is 0 Å². The molecule has 0 N–H and O–H groups in total. The lowest BCUT2D eigenvalue weighted by molar-refractivity contribution is -0.130. The summed E-state index contributed by atoms with van der Waals surface area (Å²) in [6.45, 7) is 5.67. The molecule has 0 heterocycles. The zero-order valence-corrected chi connectivity index (χ0v) is 13.6. The van der Waals surface area contributed by atoms with Crippen LogP contribution in [0.1, 0.15) is 52.9 Å². The number of hydrogen-bond acceptors (Lipinski definition) is 5. The van der Waals surface area contributed by atoms with E-state index in [9.17, 15) is 9.36 Å². The largest absolute Gasteiger partial charge is 0.474 e. The van der Waals surface area contributed by atoms with E-state index in [4.69, 9.17) is 4.52 Å². The van der Waals surface area contributed by atoms with Gasteiger partial charge in [0, 0.05) is 19.6 Å². The Morgan fingerprint density at radius 1 is 1.11 bits per heavy atom. The zero-order valence-electron chi connectivity index (χ0n) is 12.7. The van der Waals surface area contributed by atoms with Gasteiger partial charge in [0.25, 0.3) is 0 Å². The lowest BCUT2D eigenvalue weighted by Crippen LogP contribution is -2.28. The fraction of sp³-hybridized carbons (Fsp3) is 0.923. The van der Waals surface area contributed by atoms with Gasteiger partial charge < -0.3 is 0 Å². The van der Waals surface area contributed by atoms with Crippen molar-refractivity contribution in [1.29, 1.82) is 0 Å². The fourth-order valence-electron chi connectivity index (χ4n) is 1.65. The number of phosphoric ester groups is 1. The molecule has 0 aliphatic rings. The molecule has 0 aliphatic heterocycles. The number of Topliss-reactive ketones (excluding diaryl/α,β-unsaturated/α-hetero) is 1. The van der Waals surface area contributed by atoms with Crippen LogP contribution in [0.15, 0.2) is 0 Å². The minimum absolute atomic E-state index is 0.0849. The molecule has 0 radical (unpaired) electrons. The van der Waals surface area contributed by atoms with E-state index < -0.39 is 13.2 Å². The summed E-state index contributed by atoms with van der Waals surface area (Å²) in [5.41, 5.74) is -0.472. The van der Waals surface area contributed by atoms with Crippen molar-refractivity contribution < 1.29 is 22.9 Å². The maximum absolute atomic E-state index is 12.0. The van der Waals surface area contributed by atoms with Crippen molar-refractivity contribution in [3.8, 4) is 0 Å². The van der Waals surface area contributed by atoms with Crippen molar-refractivity contribution in [2.24, 2.45) is 5.41 Å². The standard InChI is InChI=1S/C13H27O5P/c1-6-7-8-9-10-13(2,3)12(14)11-18-19(15,16-4)17-5/h6-11H2,1-5H3. The molecule has 0 bridgehead atoms. The molecule has 5 nitrogen and oxygen atoms in total. The third kappa shape index (κ3) is 7.21. The minimum Gasteiger partial charge on any atom is -0.296 e. The third-order valence-electron chi connectivity index (χ3n) is 3.21. The van der Waals surface area contributed by atoms with Crippen LogP contribution < -0.4 is 0 Å². The Kier molecular flexibility index (Phi) is 8.75. The van der Waals surface area contributed by atoms with Gasteiger partial charge in [-0.1, -0.05) is 46.5 Å².